The molecule has 138 valence electrons. The first kappa shape index (κ1) is 19.9. The lowest BCUT2D eigenvalue weighted by atomic mass is 10.1. The van der Waals surface area contributed by atoms with Crippen LogP contribution in [-0.4, -0.2) is 18.5 Å². The molecule has 2 N–H and O–H groups in total. The minimum atomic E-state index is -0.553. The number of rotatable bonds is 6. The molecule has 2 rings (SSSR count). The average Bonchev–Trinajstić information content (AvgIpc) is 2.62. The van der Waals surface area contributed by atoms with Gasteiger partial charge in [0.25, 0.3) is 0 Å². The van der Waals surface area contributed by atoms with Gasteiger partial charge in [0.1, 0.15) is 0 Å². The topological polar surface area (TPSA) is 78.6 Å². The Morgan fingerprint density at radius 2 is 1.69 bits per heavy atom. The highest BCUT2D eigenvalue weighted by Crippen LogP contribution is 2.33. The highest BCUT2D eigenvalue weighted by Gasteiger charge is 2.19. The number of alkyl halides is 1. The zero-order valence-electron chi connectivity index (χ0n) is 15.0. The van der Waals surface area contributed by atoms with Crippen molar-refractivity contribution in [1.82, 2.24) is 0 Å². The van der Waals surface area contributed by atoms with Gasteiger partial charge in [0, 0.05) is 6.54 Å². The molecule has 0 saturated carbocycles. The number of carbonyl (C=O) groups is 2. The number of aryl methyl sites for hydroxylation is 1. The third-order valence-corrected chi connectivity index (χ3v) is 4.14. The Hall–Kier alpha value is -2.37. The smallest absolute Gasteiger partial charge is 0.343 e. The number of esters is 2. The van der Waals surface area contributed by atoms with E-state index in [1.54, 1.807) is 44.2 Å². The Bertz CT molecular complexity index is 787. The first-order chi connectivity index (χ1) is 12.3. The van der Waals surface area contributed by atoms with Gasteiger partial charge in [0.05, 0.1) is 16.9 Å². The summed E-state index contributed by atoms with van der Waals surface area (Å²) in [5.41, 5.74) is 7.69. The molecule has 0 fully saturated rings. The molecule has 0 aliphatic carbocycles. The van der Waals surface area contributed by atoms with Crippen LogP contribution in [-0.2, 0) is 4.79 Å². The van der Waals surface area contributed by atoms with Gasteiger partial charge in [0.2, 0.25) is 0 Å². The minimum absolute atomic E-state index is 0.126. The molecule has 6 heteroatoms. The van der Waals surface area contributed by atoms with Gasteiger partial charge in [-0.25, -0.2) is 4.79 Å². The lowest BCUT2D eigenvalue weighted by Crippen LogP contribution is -2.17. The van der Waals surface area contributed by atoms with Gasteiger partial charge in [-0.15, -0.1) is 11.6 Å². The molecule has 0 radical (unpaired) electrons. The molecule has 5 nitrogen and oxygen atoms in total. The molecule has 2 aromatic rings. The van der Waals surface area contributed by atoms with Crippen molar-refractivity contribution in [2.45, 2.75) is 26.1 Å². The van der Waals surface area contributed by atoms with Crippen molar-refractivity contribution in [2.24, 2.45) is 11.7 Å². The van der Waals surface area contributed by atoms with Gasteiger partial charge in [-0.1, -0.05) is 37.6 Å². The molecule has 1 unspecified atom stereocenters. The number of hydrogen-bond donors (Lipinski definition) is 1. The fourth-order valence-electron chi connectivity index (χ4n) is 2.09. The Morgan fingerprint density at radius 1 is 1.04 bits per heavy atom. The maximum Gasteiger partial charge on any atom is 0.343 e. The maximum absolute atomic E-state index is 12.4. The second-order valence-electron chi connectivity index (χ2n) is 6.24. The van der Waals surface area contributed by atoms with Gasteiger partial charge in [-0.3, -0.25) is 4.79 Å². The van der Waals surface area contributed by atoms with Crippen LogP contribution in [0.15, 0.2) is 42.5 Å². The van der Waals surface area contributed by atoms with Crippen LogP contribution < -0.4 is 15.2 Å². The molecule has 0 bridgehead atoms. The second kappa shape index (κ2) is 8.83. The monoisotopic (exact) mass is 375 g/mol. The summed E-state index contributed by atoms with van der Waals surface area (Å²) in [5, 5.41) is -0.443. The Balaban J connectivity index is 2.33. The fourth-order valence-corrected chi connectivity index (χ4v) is 2.23. The summed E-state index contributed by atoms with van der Waals surface area (Å²) in [6.07, 6.45) is 0. The molecule has 1 atom stereocenters. The van der Waals surface area contributed by atoms with E-state index in [2.05, 4.69) is 0 Å². The normalized spacial score (nSPS) is 11.9. The summed E-state index contributed by atoms with van der Waals surface area (Å²) in [7, 11) is 0. The van der Waals surface area contributed by atoms with Crippen LogP contribution in [0.2, 0.25) is 0 Å². The highest BCUT2D eigenvalue weighted by molar-refractivity contribution is 6.21. The average molecular weight is 376 g/mol. The number of benzene rings is 2. The first-order valence-electron chi connectivity index (χ1n) is 8.30. The van der Waals surface area contributed by atoms with Gasteiger partial charge < -0.3 is 15.2 Å². The van der Waals surface area contributed by atoms with Crippen LogP contribution in [0.25, 0.3) is 0 Å². The number of hydrogen-bond acceptors (Lipinski definition) is 5. The quantitative estimate of drug-likeness (QED) is 0.468. The van der Waals surface area contributed by atoms with E-state index in [1.807, 2.05) is 19.1 Å². The molecule has 0 aromatic heterocycles. The van der Waals surface area contributed by atoms with Gasteiger partial charge in [-0.2, -0.15) is 0 Å². The van der Waals surface area contributed by atoms with E-state index in [0.717, 1.165) is 5.56 Å². The van der Waals surface area contributed by atoms with E-state index >= 15 is 0 Å². The highest BCUT2D eigenvalue weighted by atomic mass is 35.5. The summed E-state index contributed by atoms with van der Waals surface area (Å²) in [6.45, 7) is 5.59. The third kappa shape index (κ3) is 5.07. The molecule has 0 spiro atoms. The summed E-state index contributed by atoms with van der Waals surface area (Å²) < 4.78 is 10.8. The molecular weight excluding hydrogens is 354 g/mol. The molecule has 2 aromatic carbocycles. The van der Waals surface area contributed by atoms with E-state index in [9.17, 15) is 9.59 Å². The SMILES string of the molecule is Cc1ccc(C(=O)Oc2cc(C(Cl)CN)ccc2OC(=O)C(C)C)cc1. The zero-order chi connectivity index (χ0) is 19.3. The van der Waals surface area contributed by atoms with Crippen molar-refractivity contribution >= 4 is 23.5 Å². The summed E-state index contributed by atoms with van der Waals surface area (Å²) >= 11 is 6.17. The number of nitrogens with two attached hydrogens (primary N) is 1. The lowest BCUT2D eigenvalue weighted by Gasteiger charge is -2.15. The fraction of sp³-hybridized carbons (Fsp3) is 0.300. The molecule has 26 heavy (non-hydrogen) atoms. The van der Waals surface area contributed by atoms with E-state index in [0.29, 0.717) is 11.1 Å². The molecule has 0 amide bonds. The summed E-state index contributed by atoms with van der Waals surface area (Å²) in [6, 6.07) is 11.8. The zero-order valence-corrected chi connectivity index (χ0v) is 15.7. The van der Waals surface area contributed by atoms with Gasteiger partial charge in [-0.05, 0) is 36.8 Å². The molecular formula is C20H22ClNO4. The predicted molar refractivity (Wildman–Crippen MR) is 101 cm³/mol. The van der Waals surface area contributed by atoms with E-state index < -0.39 is 17.3 Å². The maximum atomic E-state index is 12.4. The third-order valence-electron chi connectivity index (χ3n) is 3.71. The lowest BCUT2D eigenvalue weighted by molar-refractivity contribution is -0.137. The van der Waals surface area contributed by atoms with Gasteiger partial charge >= 0.3 is 11.9 Å². The second-order valence-corrected chi connectivity index (χ2v) is 6.77. The number of ether oxygens (including phenoxy) is 2. The Labute approximate surface area is 158 Å². The van der Waals surface area contributed by atoms with Crippen LogP contribution in [0, 0.1) is 12.8 Å². The first-order valence-corrected chi connectivity index (χ1v) is 8.74. The van der Waals surface area contributed by atoms with Crippen molar-refractivity contribution < 1.29 is 19.1 Å². The largest absolute Gasteiger partial charge is 0.422 e. The van der Waals surface area contributed by atoms with Crippen LogP contribution >= 0.6 is 11.6 Å². The number of carbonyl (C=O) groups excluding carboxylic acids is 2. The molecule has 0 aliphatic heterocycles. The van der Waals surface area contributed by atoms with E-state index in [4.69, 9.17) is 26.8 Å². The van der Waals surface area contributed by atoms with Crippen molar-refractivity contribution in [2.75, 3.05) is 6.54 Å². The van der Waals surface area contributed by atoms with Gasteiger partial charge in [0.15, 0.2) is 11.5 Å². The summed E-state index contributed by atoms with van der Waals surface area (Å²) in [5.74, 6) is -1.01. The Kier molecular flexibility index (Phi) is 6.77. The summed E-state index contributed by atoms with van der Waals surface area (Å²) in [4.78, 5) is 24.4. The molecule has 0 heterocycles. The minimum Gasteiger partial charge on any atom is -0.422 e. The Morgan fingerprint density at radius 3 is 2.27 bits per heavy atom. The molecule has 0 saturated heterocycles. The predicted octanol–water partition coefficient (Wildman–Crippen LogP) is 4.01. The standard InChI is InChI=1S/C20H22ClNO4/c1-12(2)19(23)25-17-9-8-15(16(21)11-22)10-18(17)26-20(24)14-6-4-13(3)5-7-14/h4-10,12,16H,11,22H2,1-3H3. The van der Waals surface area contributed by atoms with Crippen molar-refractivity contribution in [3.8, 4) is 11.5 Å². The van der Waals surface area contributed by atoms with Crippen LogP contribution in [0.4, 0.5) is 0 Å². The van der Waals surface area contributed by atoms with E-state index in [-0.39, 0.29) is 24.0 Å². The van der Waals surface area contributed by atoms with Crippen LogP contribution in [0.5, 0.6) is 11.5 Å². The van der Waals surface area contributed by atoms with Crippen molar-refractivity contribution in [3.05, 3.63) is 59.2 Å². The number of halogens is 1. The van der Waals surface area contributed by atoms with Crippen molar-refractivity contribution in [1.29, 1.82) is 0 Å². The van der Waals surface area contributed by atoms with Crippen LogP contribution in [0.1, 0.15) is 40.7 Å². The molecule has 0 aliphatic rings. The van der Waals surface area contributed by atoms with E-state index in [1.165, 1.54) is 0 Å². The van der Waals surface area contributed by atoms with Crippen molar-refractivity contribution in [3.63, 3.8) is 0 Å². The van der Waals surface area contributed by atoms with Crippen LogP contribution in [0.3, 0.4) is 0 Å².